The summed E-state index contributed by atoms with van der Waals surface area (Å²) in [6.07, 6.45) is 0. The van der Waals surface area contributed by atoms with Crippen LogP contribution in [-0.2, 0) is 23.3 Å². The van der Waals surface area contributed by atoms with Crippen molar-refractivity contribution in [2.45, 2.75) is 13.8 Å². The third-order valence-corrected chi connectivity index (χ3v) is 9.27. The molecule has 9 aromatic rings. The molecule has 0 unspecified atom stereocenters. The molecule has 0 saturated carbocycles. The molecule has 0 atom stereocenters. The van der Waals surface area contributed by atoms with Crippen molar-refractivity contribution in [1.82, 2.24) is 0 Å². The van der Waals surface area contributed by atoms with E-state index in [4.69, 9.17) is 0 Å². The Morgan fingerprint density at radius 2 is 0.940 bits per heavy atom. The Morgan fingerprint density at radius 3 is 1.56 bits per heavy atom. The van der Waals surface area contributed by atoms with Gasteiger partial charge >= 0.3 is 30.2 Å². The molecule has 0 aromatic heterocycles. The number of fused-ring (bicyclic) bond motifs is 4. The van der Waals surface area contributed by atoms with Crippen LogP contribution in [0.3, 0.4) is 0 Å². The third kappa shape index (κ3) is 7.15. The smallest absolute Gasteiger partial charge is 0.0112 e. The fourth-order valence-corrected chi connectivity index (χ4v) is 7.01. The van der Waals surface area contributed by atoms with E-state index < -0.39 is 0 Å². The number of aryl methyl sites for hydroxylation is 2. The van der Waals surface area contributed by atoms with Crippen LogP contribution >= 0.6 is 0 Å². The van der Waals surface area contributed by atoms with E-state index in [1.165, 1.54) is 111 Å². The molecule has 0 N–H and O–H groups in total. The minimum absolute atomic E-state index is 0. The van der Waals surface area contributed by atoms with Gasteiger partial charge in [-0.05, 0) is 32.7 Å². The normalized spacial score (nSPS) is 10.4. The van der Waals surface area contributed by atoms with Gasteiger partial charge in [0.15, 0.2) is 0 Å². The van der Waals surface area contributed by atoms with Gasteiger partial charge in [0.2, 0.25) is 0 Å². The monoisotopic (exact) mass is 734 g/mol. The molecule has 0 aliphatic rings. The van der Waals surface area contributed by atoms with Crippen LogP contribution in [0.5, 0.6) is 0 Å². The minimum atomic E-state index is 0. The van der Waals surface area contributed by atoms with Gasteiger partial charge in [0.05, 0.1) is 0 Å². The number of hydrogen-bond acceptors (Lipinski definition) is 0. The van der Waals surface area contributed by atoms with Crippen molar-refractivity contribution in [3.05, 3.63) is 196 Å². The molecule has 0 fully saturated rings. The molecule has 2 radical (unpaired) electrons. The molecule has 0 aliphatic carbocycles. The Labute approximate surface area is 314 Å². The number of benzene rings is 7. The van der Waals surface area contributed by atoms with E-state index in [-0.39, 0.29) is 14.9 Å². The van der Waals surface area contributed by atoms with E-state index in [2.05, 4.69) is 191 Å². The van der Waals surface area contributed by atoms with Crippen LogP contribution in [0.15, 0.2) is 170 Å². The van der Waals surface area contributed by atoms with E-state index in [1.54, 1.807) is 0 Å². The predicted molar refractivity (Wildman–Crippen MR) is 218 cm³/mol. The van der Waals surface area contributed by atoms with E-state index in [9.17, 15) is 0 Å². The molecule has 244 valence electrons. The molecule has 0 spiro atoms. The van der Waals surface area contributed by atoms with Crippen LogP contribution in [-0.4, -0.2) is 6.88 Å². The van der Waals surface area contributed by atoms with Gasteiger partial charge < -0.3 is 14.9 Å². The van der Waals surface area contributed by atoms with E-state index in [0.717, 1.165) is 0 Å². The fourth-order valence-electron chi connectivity index (χ4n) is 7.01. The summed E-state index contributed by atoms with van der Waals surface area (Å²) >= 11 is 1.36. The zero-order valence-electron chi connectivity index (χ0n) is 29.2. The van der Waals surface area contributed by atoms with Crippen molar-refractivity contribution in [2.24, 2.45) is 0 Å². The Morgan fingerprint density at radius 1 is 0.440 bits per heavy atom. The quantitative estimate of drug-likeness (QED) is 0.125. The molecular formula is C48H40SiZr-4. The van der Waals surface area contributed by atoms with Gasteiger partial charge in [-0.3, -0.25) is 0 Å². The summed E-state index contributed by atoms with van der Waals surface area (Å²) in [4.78, 5) is 0. The van der Waals surface area contributed by atoms with Gasteiger partial charge in [-0.1, -0.05) is 164 Å². The molecule has 2 heteroatoms. The second kappa shape index (κ2) is 16.4. The largest absolute Gasteiger partial charge is 0.144 e. The van der Waals surface area contributed by atoms with Crippen molar-refractivity contribution in [3.8, 4) is 33.4 Å². The summed E-state index contributed by atoms with van der Waals surface area (Å²) in [5, 5.41) is 10.6. The molecule has 0 heterocycles. The second-order valence-corrected chi connectivity index (χ2v) is 12.3. The first-order chi connectivity index (χ1) is 23.6. The zero-order chi connectivity index (χ0) is 33.0. The molecule has 9 aromatic carbocycles. The maximum Gasteiger partial charge on any atom is -0.0112 e. The Kier molecular flexibility index (Phi) is 12.0. The SMILES string of the molecule is Cc1cc2c(-c3cccc4ccccc34)ccc(C)c2[cH-]1.[CH3-].[CH3-].[Si]=[Zr].c1ccc(-c2cc3c(-c4cccc5ccccc45)cccc3[cH-]2)cc1. The summed E-state index contributed by atoms with van der Waals surface area (Å²) in [6.45, 7) is 7.42. The zero-order valence-corrected chi connectivity index (χ0v) is 32.6. The molecule has 0 bridgehead atoms. The van der Waals surface area contributed by atoms with Gasteiger partial charge in [0.1, 0.15) is 0 Å². The summed E-state index contributed by atoms with van der Waals surface area (Å²) in [7, 11) is 0. The van der Waals surface area contributed by atoms with Gasteiger partial charge in [0.25, 0.3) is 0 Å². The van der Waals surface area contributed by atoms with E-state index >= 15 is 0 Å². The average molecular weight is 736 g/mol. The number of rotatable bonds is 3. The van der Waals surface area contributed by atoms with Crippen LogP contribution in [0, 0.1) is 28.7 Å². The first-order valence-corrected chi connectivity index (χ1v) is 20.5. The van der Waals surface area contributed by atoms with Crippen molar-refractivity contribution in [1.29, 1.82) is 0 Å². The van der Waals surface area contributed by atoms with Gasteiger partial charge in [-0.25, -0.2) is 0 Å². The van der Waals surface area contributed by atoms with E-state index in [0.29, 0.717) is 0 Å². The summed E-state index contributed by atoms with van der Waals surface area (Å²) in [5.41, 5.74) is 10.5. The fraction of sp³-hybridized carbons (Fsp3) is 0.0417. The first kappa shape index (κ1) is 36.7. The predicted octanol–water partition coefficient (Wildman–Crippen LogP) is 13.6. The average Bonchev–Trinajstić information content (AvgIpc) is 3.77. The maximum atomic E-state index is 3.06. The van der Waals surface area contributed by atoms with Crippen LogP contribution in [0.2, 0.25) is 0 Å². The topological polar surface area (TPSA) is 0 Å². The van der Waals surface area contributed by atoms with E-state index in [1.807, 2.05) is 0 Å². The summed E-state index contributed by atoms with van der Waals surface area (Å²) in [6, 6.07) is 61.3. The molecule has 0 amide bonds. The van der Waals surface area contributed by atoms with Crippen molar-refractivity contribution >= 4 is 50.0 Å². The molecular weight excluding hydrogens is 696 g/mol. The van der Waals surface area contributed by atoms with Crippen LogP contribution in [0.1, 0.15) is 11.1 Å². The molecule has 0 nitrogen and oxygen atoms in total. The Hall–Kier alpha value is -4.62. The second-order valence-electron chi connectivity index (χ2n) is 12.3. The molecule has 0 saturated heterocycles. The van der Waals surface area contributed by atoms with Gasteiger partial charge in [-0.15, -0.1) is 68.6 Å². The first-order valence-electron chi connectivity index (χ1n) is 16.3. The van der Waals surface area contributed by atoms with Crippen LogP contribution in [0.4, 0.5) is 0 Å². The number of hydrogen-bond donors (Lipinski definition) is 0. The Bertz CT molecular complexity index is 2500. The molecule has 50 heavy (non-hydrogen) atoms. The Balaban J connectivity index is 0.000000181. The maximum absolute atomic E-state index is 3.06. The standard InChI is InChI=1S/C25H17.C21H17.2CH3.Si.Zr/c1-2-8-18(9-3-1)21-16-20-12-7-15-24(25(20)17-21)23-14-6-11-19-10-4-5-13-22(19)23;1-14-12-20-15(2)10-11-19(21(20)13-14)18-9-5-7-16-6-3-4-8-17(16)18;;;;/h1-17H;3-13H,1-2H3;2*1H3;;/q4*-1;;. The van der Waals surface area contributed by atoms with Crippen molar-refractivity contribution in [2.75, 3.05) is 0 Å². The van der Waals surface area contributed by atoms with Gasteiger partial charge in [0, 0.05) is 0 Å². The summed E-state index contributed by atoms with van der Waals surface area (Å²) in [5.74, 6) is 0. The van der Waals surface area contributed by atoms with Gasteiger partial charge in [-0.2, -0.15) is 6.07 Å². The van der Waals surface area contributed by atoms with Crippen molar-refractivity contribution in [3.63, 3.8) is 0 Å². The minimum Gasteiger partial charge on any atom is -0.144 e. The third-order valence-electron chi connectivity index (χ3n) is 9.27. The van der Waals surface area contributed by atoms with Crippen LogP contribution < -0.4 is 0 Å². The van der Waals surface area contributed by atoms with Crippen molar-refractivity contribution < 1.29 is 23.3 Å². The summed E-state index contributed by atoms with van der Waals surface area (Å²) < 4.78 is 0. The van der Waals surface area contributed by atoms with Crippen LogP contribution in [0.25, 0.3) is 76.5 Å². The molecule has 9 rings (SSSR count). The molecule has 0 aliphatic heterocycles.